The molecule has 6 nitrogen and oxygen atoms in total. The summed E-state index contributed by atoms with van der Waals surface area (Å²) in [6.07, 6.45) is 0.796. The molecule has 2 aromatic heterocycles. The lowest BCUT2D eigenvalue weighted by Gasteiger charge is -2.14. The maximum atomic E-state index is 11.6. The van der Waals surface area contributed by atoms with Crippen molar-refractivity contribution in [2.24, 2.45) is 7.05 Å². The van der Waals surface area contributed by atoms with Crippen molar-refractivity contribution in [3.63, 3.8) is 0 Å². The van der Waals surface area contributed by atoms with Gasteiger partial charge in [-0.2, -0.15) is 9.78 Å². The van der Waals surface area contributed by atoms with Crippen molar-refractivity contribution < 1.29 is 9.69 Å². The SMILES string of the molecule is CNC(=O)c1ccc(C[NH+](C)Cn2nc(Cc3cccs3)n(C)c2=S)cc1. The molecule has 1 atom stereocenters. The highest BCUT2D eigenvalue weighted by Crippen LogP contribution is 2.13. The van der Waals surface area contributed by atoms with E-state index in [4.69, 9.17) is 17.3 Å². The number of hydrogen-bond acceptors (Lipinski definition) is 4. The second-order valence-electron chi connectivity index (χ2n) is 6.58. The van der Waals surface area contributed by atoms with Crippen LogP contribution in [0.3, 0.4) is 0 Å². The van der Waals surface area contributed by atoms with Gasteiger partial charge in [0.2, 0.25) is 4.77 Å². The molecule has 0 aliphatic heterocycles. The first-order valence-electron chi connectivity index (χ1n) is 8.75. The highest BCUT2D eigenvalue weighted by molar-refractivity contribution is 7.71. The molecular weight excluding hydrogens is 378 g/mol. The molecule has 142 valence electrons. The van der Waals surface area contributed by atoms with Gasteiger partial charge in [-0.05, 0) is 35.8 Å². The van der Waals surface area contributed by atoms with E-state index in [0.717, 1.165) is 23.6 Å². The minimum absolute atomic E-state index is 0.0692. The predicted octanol–water partition coefficient (Wildman–Crippen LogP) is 1.64. The number of aromatic nitrogens is 3. The van der Waals surface area contributed by atoms with Crippen molar-refractivity contribution in [2.45, 2.75) is 19.6 Å². The maximum absolute atomic E-state index is 11.6. The second kappa shape index (κ2) is 8.60. The number of nitrogens with zero attached hydrogens (tertiary/aromatic N) is 3. The normalized spacial score (nSPS) is 12.1. The number of nitrogens with one attached hydrogen (secondary N) is 2. The van der Waals surface area contributed by atoms with E-state index in [9.17, 15) is 4.79 Å². The summed E-state index contributed by atoms with van der Waals surface area (Å²) in [7, 11) is 5.72. The first-order chi connectivity index (χ1) is 13.0. The van der Waals surface area contributed by atoms with Gasteiger partial charge in [-0.25, -0.2) is 0 Å². The molecule has 2 heterocycles. The average molecular weight is 403 g/mol. The van der Waals surface area contributed by atoms with E-state index in [1.807, 2.05) is 40.6 Å². The van der Waals surface area contributed by atoms with Crippen LogP contribution in [0.1, 0.15) is 26.6 Å². The van der Waals surface area contributed by atoms with Crippen molar-refractivity contribution in [1.29, 1.82) is 0 Å². The Balaban J connectivity index is 1.66. The third kappa shape index (κ3) is 4.71. The molecule has 0 fully saturated rings. The molecule has 8 heteroatoms. The summed E-state index contributed by atoms with van der Waals surface area (Å²) < 4.78 is 4.61. The van der Waals surface area contributed by atoms with Gasteiger partial charge in [0.1, 0.15) is 12.4 Å². The Morgan fingerprint density at radius 1 is 1.30 bits per heavy atom. The van der Waals surface area contributed by atoms with E-state index >= 15 is 0 Å². The second-order valence-corrected chi connectivity index (χ2v) is 7.98. The molecule has 0 aliphatic rings. The molecular formula is C19H24N5OS2+. The van der Waals surface area contributed by atoms with Gasteiger partial charge < -0.3 is 14.8 Å². The van der Waals surface area contributed by atoms with Gasteiger partial charge in [0, 0.05) is 36.5 Å². The summed E-state index contributed by atoms with van der Waals surface area (Å²) in [5.74, 6) is 0.908. The quantitative estimate of drug-likeness (QED) is 0.591. The summed E-state index contributed by atoms with van der Waals surface area (Å²) in [6.45, 7) is 1.51. The summed E-state index contributed by atoms with van der Waals surface area (Å²) in [5, 5.41) is 9.43. The molecule has 27 heavy (non-hydrogen) atoms. The molecule has 1 amide bonds. The van der Waals surface area contributed by atoms with Crippen LogP contribution in [0, 0.1) is 4.77 Å². The fourth-order valence-corrected chi connectivity index (χ4v) is 3.85. The Morgan fingerprint density at radius 2 is 2.04 bits per heavy atom. The topological polar surface area (TPSA) is 56.3 Å². The van der Waals surface area contributed by atoms with Gasteiger partial charge in [0.25, 0.3) is 5.91 Å². The van der Waals surface area contributed by atoms with Gasteiger partial charge in [0.15, 0.2) is 6.67 Å². The number of quaternary nitrogens is 1. The summed E-state index contributed by atoms with van der Waals surface area (Å²) in [4.78, 5) is 14.2. The Labute approximate surface area is 168 Å². The zero-order valence-corrected chi connectivity index (χ0v) is 17.4. The van der Waals surface area contributed by atoms with Crippen LogP contribution < -0.4 is 10.2 Å². The molecule has 0 saturated carbocycles. The summed E-state index contributed by atoms with van der Waals surface area (Å²) >= 11 is 7.29. The molecule has 2 N–H and O–H groups in total. The van der Waals surface area contributed by atoms with Crippen LogP contribution in [0.4, 0.5) is 0 Å². The Bertz CT molecular complexity index is 957. The van der Waals surface area contributed by atoms with Crippen LogP contribution in [-0.4, -0.2) is 34.4 Å². The minimum Gasteiger partial charge on any atom is -0.355 e. The van der Waals surface area contributed by atoms with Crippen LogP contribution >= 0.6 is 23.6 Å². The molecule has 0 saturated heterocycles. The van der Waals surface area contributed by atoms with Gasteiger partial charge in [-0.15, -0.1) is 11.3 Å². The average Bonchev–Trinajstić information content (AvgIpc) is 3.26. The standard InChI is InChI=1S/C19H23N5OS2/c1-20-18(25)15-8-6-14(7-9-15)12-22(2)13-24-19(26)23(3)17(21-24)11-16-5-4-10-27-16/h4-10H,11-13H2,1-3H3,(H,20,25)/p+1. The van der Waals surface area contributed by atoms with Crippen molar-refractivity contribution in [2.75, 3.05) is 14.1 Å². The Kier molecular flexibility index (Phi) is 6.20. The van der Waals surface area contributed by atoms with E-state index in [-0.39, 0.29) is 5.91 Å². The van der Waals surface area contributed by atoms with Crippen molar-refractivity contribution in [3.05, 3.63) is 68.4 Å². The number of hydrogen-bond donors (Lipinski definition) is 2. The summed E-state index contributed by atoms with van der Waals surface area (Å²) in [5.41, 5.74) is 1.84. The molecule has 3 aromatic rings. The van der Waals surface area contributed by atoms with E-state index in [1.54, 1.807) is 18.4 Å². The van der Waals surface area contributed by atoms with E-state index in [0.29, 0.717) is 12.2 Å². The van der Waals surface area contributed by atoms with Gasteiger partial charge in [0.05, 0.1) is 7.05 Å². The number of benzene rings is 1. The molecule has 0 bridgehead atoms. The molecule has 1 unspecified atom stereocenters. The lowest BCUT2D eigenvalue weighted by atomic mass is 10.1. The van der Waals surface area contributed by atoms with Crippen LogP contribution in [0.15, 0.2) is 41.8 Å². The lowest BCUT2D eigenvalue weighted by Crippen LogP contribution is -3.07. The van der Waals surface area contributed by atoms with Crippen LogP contribution in [-0.2, 0) is 26.7 Å². The zero-order chi connectivity index (χ0) is 19.4. The highest BCUT2D eigenvalue weighted by atomic mass is 32.1. The van der Waals surface area contributed by atoms with Gasteiger partial charge in [-0.3, -0.25) is 4.79 Å². The third-order valence-corrected chi connectivity index (χ3v) is 5.77. The Hall–Kier alpha value is -2.29. The van der Waals surface area contributed by atoms with E-state index < -0.39 is 0 Å². The predicted molar refractivity (Wildman–Crippen MR) is 110 cm³/mol. The lowest BCUT2D eigenvalue weighted by molar-refractivity contribution is -0.917. The number of amides is 1. The monoisotopic (exact) mass is 402 g/mol. The number of thiophene rings is 1. The number of carbonyl (C=O) groups excluding carboxylic acids is 1. The van der Waals surface area contributed by atoms with Crippen molar-refractivity contribution in [3.8, 4) is 0 Å². The van der Waals surface area contributed by atoms with Crippen LogP contribution in [0.5, 0.6) is 0 Å². The third-order valence-electron chi connectivity index (χ3n) is 4.41. The fourth-order valence-electron chi connectivity index (χ4n) is 2.94. The summed E-state index contributed by atoms with van der Waals surface area (Å²) in [6, 6.07) is 11.9. The smallest absolute Gasteiger partial charge is 0.251 e. The number of rotatable bonds is 7. The van der Waals surface area contributed by atoms with E-state index in [1.165, 1.54) is 15.3 Å². The molecule has 0 radical (unpaired) electrons. The molecule has 3 rings (SSSR count). The largest absolute Gasteiger partial charge is 0.355 e. The minimum atomic E-state index is -0.0692. The van der Waals surface area contributed by atoms with Crippen molar-refractivity contribution >= 4 is 29.5 Å². The van der Waals surface area contributed by atoms with Gasteiger partial charge >= 0.3 is 0 Å². The zero-order valence-electron chi connectivity index (χ0n) is 15.7. The maximum Gasteiger partial charge on any atom is 0.251 e. The number of carbonyl (C=O) groups is 1. The van der Waals surface area contributed by atoms with E-state index in [2.05, 4.69) is 29.9 Å². The van der Waals surface area contributed by atoms with Crippen molar-refractivity contribution in [1.82, 2.24) is 19.7 Å². The fraction of sp³-hybridized carbons (Fsp3) is 0.316. The first-order valence-corrected chi connectivity index (χ1v) is 10.0. The Morgan fingerprint density at radius 3 is 2.67 bits per heavy atom. The van der Waals surface area contributed by atoms with Crippen LogP contribution in [0.25, 0.3) is 0 Å². The molecule has 1 aromatic carbocycles. The first kappa shape index (κ1) is 19.5. The molecule has 0 aliphatic carbocycles. The molecule has 0 spiro atoms. The van der Waals surface area contributed by atoms with Gasteiger partial charge in [-0.1, -0.05) is 18.2 Å². The van der Waals surface area contributed by atoms with Crippen LogP contribution in [0.2, 0.25) is 0 Å². The highest BCUT2D eigenvalue weighted by Gasteiger charge is 2.13.